The average molecular weight is 296 g/mol. The van der Waals surface area contributed by atoms with E-state index in [0.717, 1.165) is 19.7 Å². The molecule has 2 N–H and O–H groups in total. The number of rotatable bonds is 6. The molecule has 0 spiro atoms. The van der Waals surface area contributed by atoms with Gasteiger partial charge in [-0.25, -0.2) is 0 Å². The van der Waals surface area contributed by atoms with Gasteiger partial charge in [0.2, 0.25) is 0 Å². The lowest BCUT2D eigenvalue weighted by atomic mass is 9.77. The third kappa shape index (κ3) is 4.00. The number of ether oxygens (including phenoxy) is 1. The van der Waals surface area contributed by atoms with Crippen LogP contribution in [0.15, 0.2) is 0 Å². The van der Waals surface area contributed by atoms with Crippen molar-refractivity contribution in [3.05, 3.63) is 0 Å². The fourth-order valence-electron chi connectivity index (χ4n) is 4.81. The van der Waals surface area contributed by atoms with Gasteiger partial charge in [0, 0.05) is 24.7 Å². The molecule has 2 fully saturated rings. The summed E-state index contributed by atoms with van der Waals surface area (Å²) in [4.78, 5) is 2.78. The summed E-state index contributed by atoms with van der Waals surface area (Å²) in [6.07, 6.45) is 8.10. The highest BCUT2D eigenvalue weighted by atomic mass is 16.5. The zero-order valence-electron chi connectivity index (χ0n) is 14.6. The molecule has 2 rings (SSSR count). The molecule has 0 aromatic rings. The van der Waals surface area contributed by atoms with Crippen LogP contribution >= 0.6 is 0 Å². The smallest absolute Gasteiger partial charge is 0.0731 e. The van der Waals surface area contributed by atoms with Crippen LogP contribution in [0, 0.1) is 11.8 Å². The summed E-state index contributed by atoms with van der Waals surface area (Å²) in [5.74, 6) is 1.38. The normalized spacial score (nSPS) is 28.1. The first kappa shape index (κ1) is 17.2. The third-order valence-electron chi connectivity index (χ3n) is 5.30. The van der Waals surface area contributed by atoms with Crippen molar-refractivity contribution in [2.45, 2.75) is 83.9 Å². The minimum absolute atomic E-state index is 0.173. The molecule has 2 aliphatic rings. The van der Waals surface area contributed by atoms with Crippen LogP contribution in [-0.2, 0) is 4.74 Å². The lowest BCUT2D eigenvalue weighted by molar-refractivity contribution is -0.132. The Balaban J connectivity index is 2.24. The Morgan fingerprint density at radius 1 is 1.10 bits per heavy atom. The zero-order chi connectivity index (χ0) is 15.5. The summed E-state index contributed by atoms with van der Waals surface area (Å²) in [6.45, 7) is 12.1. The number of hydrogen-bond acceptors (Lipinski definition) is 3. The van der Waals surface area contributed by atoms with Crippen LogP contribution < -0.4 is 5.73 Å². The fourth-order valence-corrected chi connectivity index (χ4v) is 4.81. The van der Waals surface area contributed by atoms with Crippen LogP contribution in [0.4, 0.5) is 0 Å². The van der Waals surface area contributed by atoms with Crippen LogP contribution in [0.1, 0.15) is 66.2 Å². The number of hydrogen-bond donors (Lipinski definition) is 1. The Morgan fingerprint density at radius 2 is 1.71 bits per heavy atom. The van der Waals surface area contributed by atoms with Gasteiger partial charge in [-0.05, 0) is 37.5 Å². The van der Waals surface area contributed by atoms with Crippen LogP contribution in [0.3, 0.4) is 0 Å². The highest BCUT2D eigenvalue weighted by molar-refractivity contribution is 5.00. The largest absolute Gasteiger partial charge is 0.375 e. The van der Waals surface area contributed by atoms with Gasteiger partial charge in [0.25, 0.3) is 0 Å². The summed E-state index contributed by atoms with van der Waals surface area (Å²) in [6, 6.07) is 0.605. The van der Waals surface area contributed by atoms with Crippen molar-refractivity contribution in [2.75, 3.05) is 19.7 Å². The topological polar surface area (TPSA) is 38.5 Å². The molecule has 3 nitrogen and oxygen atoms in total. The molecule has 0 radical (unpaired) electrons. The van der Waals surface area contributed by atoms with Crippen molar-refractivity contribution in [3.63, 3.8) is 0 Å². The van der Waals surface area contributed by atoms with Crippen molar-refractivity contribution >= 4 is 0 Å². The van der Waals surface area contributed by atoms with Crippen LogP contribution in [0.5, 0.6) is 0 Å². The van der Waals surface area contributed by atoms with E-state index >= 15 is 0 Å². The van der Waals surface area contributed by atoms with Gasteiger partial charge in [0.1, 0.15) is 0 Å². The second-order valence-corrected chi connectivity index (χ2v) is 8.08. The lowest BCUT2D eigenvalue weighted by Gasteiger charge is -2.54. The highest BCUT2D eigenvalue weighted by Gasteiger charge is 2.45. The monoisotopic (exact) mass is 296 g/mol. The Bertz CT molecular complexity index is 304. The van der Waals surface area contributed by atoms with Gasteiger partial charge >= 0.3 is 0 Å². The van der Waals surface area contributed by atoms with E-state index in [1.165, 1.54) is 38.5 Å². The molecule has 124 valence electrons. The van der Waals surface area contributed by atoms with Gasteiger partial charge in [-0.3, -0.25) is 4.90 Å². The van der Waals surface area contributed by atoms with Crippen molar-refractivity contribution in [2.24, 2.45) is 17.6 Å². The maximum absolute atomic E-state index is 6.37. The number of fused-ring (bicyclic) bond motifs is 1. The first-order valence-electron chi connectivity index (χ1n) is 9.07. The van der Waals surface area contributed by atoms with Crippen molar-refractivity contribution in [1.29, 1.82) is 0 Å². The summed E-state index contributed by atoms with van der Waals surface area (Å²) in [5, 5.41) is 0. The molecule has 0 bridgehead atoms. The molecule has 1 heterocycles. The molecule has 1 saturated heterocycles. The maximum atomic E-state index is 6.37. The minimum Gasteiger partial charge on any atom is -0.375 e. The molecule has 21 heavy (non-hydrogen) atoms. The van der Waals surface area contributed by atoms with Gasteiger partial charge in [-0.15, -0.1) is 0 Å². The second kappa shape index (κ2) is 7.43. The number of morpholine rings is 1. The third-order valence-corrected chi connectivity index (χ3v) is 5.30. The van der Waals surface area contributed by atoms with E-state index in [4.69, 9.17) is 10.5 Å². The van der Waals surface area contributed by atoms with E-state index in [9.17, 15) is 0 Å². The highest BCUT2D eigenvalue weighted by Crippen LogP contribution is 2.38. The van der Waals surface area contributed by atoms with E-state index in [0.29, 0.717) is 24.0 Å². The van der Waals surface area contributed by atoms with Crippen LogP contribution in [-0.4, -0.2) is 42.3 Å². The quantitative estimate of drug-likeness (QED) is 0.816. The first-order valence-corrected chi connectivity index (χ1v) is 9.07. The predicted molar refractivity (Wildman–Crippen MR) is 89.4 cm³/mol. The van der Waals surface area contributed by atoms with E-state index in [1.807, 2.05) is 0 Å². The fraction of sp³-hybridized carbons (Fsp3) is 1.00. The number of nitrogens with two attached hydrogens (primary N) is 1. The SMILES string of the molecule is CC(C)CC(CN)(CC(C)C)N1CCOC2CCCCC21. The minimum atomic E-state index is 0.173. The number of nitrogens with zero attached hydrogens (tertiary/aromatic N) is 1. The van der Waals surface area contributed by atoms with Gasteiger partial charge in [0.15, 0.2) is 0 Å². The van der Waals surface area contributed by atoms with Gasteiger partial charge < -0.3 is 10.5 Å². The standard InChI is InChI=1S/C18H36N2O/c1-14(2)11-18(13-19,12-15(3)4)20-9-10-21-17-8-6-5-7-16(17)20/h14-17H,5-13,19H2,1-4H3. The zero-order valence-corrected chi connectivity index (χ0v) is 14.6. The van der Waals surface area contributed by atoms with Crippen LogP contribution in [0.25, 0.3) is 0 Å². The Hall–Kier alpha value is -0.120. The molecule has 1 aliphatic heterocycles. The second-order valence-electron chi connectivity index (χ2n) is 8.08. The maximum Gasteiger partial charge on any atom is 0.0731 e. The summed E-state index contributed by atoms with van der Waals surface area (Å²) in [7, 11) is 0. The summed E-state index contributed by atoms with van der Waals surface area (Å²) < 4.78 is 6.08. The Morgan fingerprint density at radius 3 is 2.29 bits per heavy atom. The molecular weight excluding hydrogens is 260 g/mol. The molecular formula is C18H36N2O. The molecule has 3 heteroatoms. The first-order chi connectivity index (χ1) is 9.98. The van der Waals surface area contributed by atoms with Crippen LogP contribution in [0.2, 0.25) is 0 Å². The molecule has 1 saturated carbocycles. The Labute approximate surface area is 131 Å². The molecule has 1 aliphatic carbocycles. The van der Waals surface area contributed by atoms with Gasteiger partial charge in [-0.2, -0.15) is 0 Å². The van der Waals surface area contributed by atoms with Crippen molar-refractivity contribution in [1.82, 2.24) is 4.90 Å². The lowest BCUT2D eigenvalue weighted by Crippen LogP contribution is -2.65. The van der Waals surface area contributed by atoms with Gasteiger partial charge in [-0.1, -0.05) is 40.5 Å². The molecule has 2 unspecified atom stereocenters. The molecule has 0 aromatic carbocycles. The predicted octanol–water partition coefficient (Wildman–Crippen LogP) is 3.42. The average Bonchev–Trinajstić information content (AvgIpc) is 2.45. The van der Waals surface area contributed by atoms with E-state index in [-0.39, 0.29) is 5.54 Å². The molecule has 0 amide bonds. The molecule has 2 atom stereocenters. The molecule has 0 aromatic heterocycles. The van der Waals surface area contributed by atoms with E-state index in [1.54, 1.807) is 0 Å². The summed E-state index contributed by atoms with van der Waals surface area (Å²) in [5.41, 5.74) is 6.55. The summed E-state index contributed by atoms with van der Waals surface area (Å²) >= 11 is 0. The van der Waals surface area contributed by atoms with Gasteiger partial charge in [0.05, 0.1) is 12.7 Å². The van der Waals surface area contributed by atoms with Crippen molar-refractivity contribution < 1.29 is 4.74 Å². The van der Waals surface area contributed by atoms with E-state index in [2.05, 4.69) is 32.6 Å². The van der Waals surface area contributed by atoms with Crippen molar-refractivity contribution in [3.8, 4) is 0 Å². The van der Waals surface area contributed by atoms with E-state index < -0.39 is 0 Å². The Kier molecular flexibility index (Phi) is 6.10.